The maximum absolute atomic E-state index is 12.0. The molecule has 0 bridgehead atoms. The summed E-state index contributed by atoms with van der Waals surface area (Å²) in [6, 6.07) is 4.05. The first-order valence-electron chi connectivity index (χ1n) is 5.96. The molecule has 1 aromatic carbocycles. The Balaban J connectivity index is 3.03. The van der Waals surface area contributed by atoms with E-state index in [1.54, 1.807) is 0 Å². The zero-order valence-corrected chi connectivity index (χ0v) is 12.7. The number of hydrogen-bond donors (Lipinski definition) is 2. The number of carbonyl (C=O) groups is 1. The fourth-order valence-electron chi connectivity index (χ4n) is 1.72. The fraction of sp³-hybridized carbons (Fsp3) is 0.462. The predicted octanol–water partition coefficient (Wildman–Crippen LogP) is 2.18. The minimum atomic E-state index is -3.50. The van der Waals surface area contributed by atoms with E-state index in [0.29, 0.717) is 0 Å². The Morgan fingerprint density at radius 1 is 1.35 bits per heavy atom. The average Bonchev–Trinajstić information content (AvgIpc) is 2.24. The van der Waals surface area contributed by atoms with Crippen LogP contribution in [0.5, 0.6) is 5.75 Å². The molecule has 0 atom stereocenters. The third-order valence-electron chi connectivity index (χ3n) is 2.33. The highest BCUT2D eigenvalue weighted by Crippen LogP contribution is 2.25. The molecule has 20 heavy (non-hydrogen) atoms. The van der Waals surface area contributed by atoms with Crippen molar-refractivity contribution in [1.29, 1.82) is 0 Å². The van der Waals surface area contributed by atoms with Crippen molar-refractivity contribution in [3.8, 4) is 5.75 Å². The van der Waals surface area contributed by atoms with Crippen LogP contribution in [0.25, 0.3) is 0 Å². The number of hydrogen-bond acceptors (Lipinski definition) is 4. The average molecular weight is 301 g/mol. The quantitative estimate of drug-likeness (QED) is 0.869. The SMILES string of the molecule is COc1cc(NS(=O)(=O)CC(C)(C)C)ccc1C(=O)O. The summed E-state index contributed by atoms with van der Waals surface area (Å²) in [5.74, 6) is -1.07. The van der Waals surface area contributed by atoms with Gasteiger partial charge in [-0.25, -0.2) is 13.2 Å². The molecule has 0 saturated heterocycles. The molecule has 6 nitrogen and oxygen atoms in total. The Hall–Kier alpha value is -1.76. The minimum Gasteiger partial charge on any atom is -0.496 e. The van der Waals surface area contributed by atoms with Gasteiger partial charge in [0.25, 0.3) is 0 Å². The van der Waals surface area contributed by atoms with Crippen molar-refractivity contribution < 1.29 is 23.1 Å². The minimum absolute atomic E-state index is 0.0220. The zero-order chi connectivity index (χ0) is 15.6. The van der Waals surface area contributed by atoms with Crippen molar-refractivity contribution >= 4 is 21.7 Å². The van der Waals surface area contributed by atoms with Gasteiger partial charge in [0.15, 0.2) is 0 Å². The van der Waals surface area contributed by atoms with Crippen LogP contribution in [0.4, 0.5) is 5.69 Å². The molecule has 0 unspecified atom stereocenters. The Labute approximate surface area is 118 Å². The summed E-state index contributed by atoms with van der Waals surface area (Å²) in [7, 11) is -2.17. The first-order chi connectivity index (χ1) is 9.04. The zero-order valence-electron chi connectivity index (χ0n) is 11.9. The van der Waals surface area contributed by atoms with Gasteiger partial charge in [-0.15, -0.1) is 0 Å². The second-order valence-corrected chi connectivity index (χ2v) is 7.36. The third-order valence-corrected chi connectivity index (χ3v) is 4.12. The maximum atomic E-state index is 12.0. The summed E-state index contributed by atoms with van der Waals surface area (Å²) >= 11 is 0. The number of anilines is 1. The third kappa shape index (κ3) is 4.73. The van der Waals surface area contributed by atoms with E-state index in [4.69, 9.17) is 9.84 Å². The number of benzene rings is 1. The molecule has 0 aliphatic rings. The molecule has 1 aromatic rings. The lowest BCUT2D eigenvalue weighted by Gasteiger charge is -2.19. The summed E-state index contributed by atoms with van der Waals surface area (Å²) in [6.07, 6.45) is 0. The van der Waals surface area contributed by atoms with Crippen LogP contribution in [0.3, 0.4) is 0 Å². The van der Waals surface area contributed by atoms with Gasteiger partial charge >= 0.3 is 5.97 Å². The van der Waals surface area contributed by atoms with Crippen molar-refractivity contribution in [3.63, 3.8) is 0 Å². The number of nitrogens with one attached hydrogen (secondary N) is 1. The number of rotatable bonds is 5. The Bertz CT molecular complexity index is 602. The molecule has 7 heteroatoms. The van der Waals surface area contributed by atoms with Gasteiger partial charge in [0, 0.05) is 6.07 Å². The number of sulfonamides is 1. The number of aromatic carboxylic acids is 1. The van der Waals surface area contributed by atoms with Gasteiger partial charge in [-0.1, -0.05) is 20.8 Å². The van der Waals surface area contributed by atoms with Crippen LogP contribution in [0.1, 0.15) is 31.1 Å². The summed E-state index contributed by atoms with van der Waals surface area (Å²) in [6.45, 7) is 5.46. The largest absolute Gasteiger partial charge is 0.496 e. The van der Waals surface area contributed by atoms with Gasteiger partial charge < -0.3 is 9.84 Å². The highest BCUT2D eigenvalue weighted by Gasteiger charge is 2.22. The standard InChI is InChI=1S/C13H19NO5S/c1-13(2,3)8-20(17,18)14-9-5-6-10(12(15)16)11(7-9)19-4/h5-7,14H,8H2,1-4H3,(H,15,16). The van der Waals surface area contributed by atoms with Gasteiger partial charge in [0.1, 0.15) is 11.3 Å². The molecule has 0 spiro atoms. The monoisotopic (exact) mass is 301 g/mol. The first-order valence-corrected chi connectivity index (χ1v) is 7.61. The molecule has 1 rings (SSSR count). The van der Waals surface area contributed by atoms with Crippen LogP contribution in [-0.2, 0) is 10.0 Å². The maximum Gasteiger partial charge on any atom is 0.339 e. The summed E-state index contributed by atoms with van der Waals surface area (Å²) in [5.41, 5.74) is -0.126. The smallest absolute Gasteiger partial charge is 0.339 e. The van der Waals surface area contributed by atoms with Crippen molar-refractivity contribution in [3.05, 3.63) is 23.8 Å². The molecular weight excluding hydrogens is 282 g/mol. The van der Waals surface area contributed by atoms with Gasteiger partial charge in [-0.3, -0.25) is 4.72 Å². The van der Waals surface area contributed by atoms with E-state index in [1.165, 1.54) is 25.3 Å². The van der Waals surface area contributed by atoms with Crippen LogP contribution in [0, 0.1) is 5.41 Å². The van der Waals surface area contributed by atoms with Crippen LogP contribution in [0.15, 0.2) is 18.2 Å². The van der Waals surface area contributed by atoms with E-state index < -0.39 is 16.0 Å². The molecule has 0 aromatic heterocycles. The predicted molar refractivity (Wildman–Crippen MR) is 76.8 cm³/mol. The number of carboxylic acids is 1. The number of methoxy groups -OCH3 is 1. The first kappa shape index (κ1) is 16.3. The van der Waals surface area contributed by atoms with Gasteiger partial charge in [0.05, 0.1) is 18.6 Å². The molecule has 0 aliphatic heterocycles. The van der Waals surface area contributed by atoms with E-state index >= 15 is 0 Å². The normalized spacial score (nSPS) is 12.0. The van der Waals surface area contributed by atoms with Crippen LogP contribution in [-0.4, -0.2) is 32.4 Å². The van der Waals surface area contributed by atoms with Crippen molar-refractivity contribution in [2.75, 3.05) is 17.6 Å². The van der Waals surface area contributed by atoms with E-state index in [9.17, 15) is 13.2 Å². The fourth-order valence-corrected chi connectivity index (χ4v) is 3.42. The molecule has 112 valence electrons. The molecule has 0 aliphatic carbocycles. The highest BCUT2D eigenvalue weighted by atomic mass is 32.2. The van der Waals surface area contributed by atoms with Crippen molar-refractivity contribution in [1.82, 2.24) is 0 Å². The Morgan fingerprint density at radius 3 is 2.40 bits per heavy atom. The molecule has 0 heterocycles. The molecular formula is C13H19NO5S. The number of carboxylic acid groups (broad SMARTS) is 1. The lowest BCUT2D eigenvalue weighted by Crippen LogP contribution is -2.26. The molecule has 2 N–H and O–H groups in total. The van der Waals surface area contributed by atoms with Gasteiger partial charge in [-0.2, -0.15) is 0 Å². The molecule has 0 saturated carbocycles. The van der Waals surface area contributed by atoms with Crippen molar-refractivity contribution in [2.45, 2.75) is 20.8 Å². The number of ether oxygens (including phenoxy) is 1. The lowest BCUT2D eigenvalue weighted by atomic mass is 10.0. The Kier molecular flexibility index (Phi) is 4.65. The van der Waals surface area contributed by atoms with E-state index in [-0.39, 0.29) is 28.2 Å². The Morgan fingerprint density at radius 2 is 1.95 bits per heavy atom. The molecule has 0 radical (unpaired) electrons. The summed E-state index contributed by atoms with van der Waals surface area (Å²) < 4.78 is 31.3. The van der Waals surface area contributed by atoms with Crippen LogP contribution >= 0.6 is 0 Å². The van der Waals surface area contributed by atoms with E-state index in [1.807, 2.05) is 20.8 Å². The highest BCUT2D eigenvalue weighted by molar-refractivity contribution is 7.92. The molecule has 0 amide bonds. The topological polar surface area (TPSA) is 92.7 Å². The van der Waals surface area contributed by atoms with Gasteiger partial charge in [0.2, 0.25) is 10.0 Å². The second-order valence-electron chi connectivity index (χ2n) is 5.64. The summed E-state index contributed by atoms with van der Waals surface area (Å²) in [4.78, 5) is 10.9. The second kappa shape index (κ2) is 5.70. The van der Waals surface area contributed by atoms with Crippen LogP contribution in [0.2, 0.25) is 0 Å². The molecule has 0 fully saturated rings. The van der Waals surface area contributed by atoms with E-state index in [0.717, 1.165) is 0 Å². The van der Waals surface area contributed by atoms with Crippen LogP contribution < -0.4 is 9.46 Å². The summed E-state index contributed by atoms with van der Waals surface area (Å²) in [5, 5.41) is 8.95. The van der Waals surface area contributed by atoms with Gasteiger partial charge in [-0.05, 0) is 17.5 Å². The lowest BCUT2D eigenvalue weighted by molar-refractivity contribution is 0.0693. The van der Waals surface area contributed by atoms with E-state index in [2.05, 4.69) is 4.72 Å². The van der Waals surface area contributed by atoms with Crippen molar-refractivity contribution in [2.24, 2.45) is 5.41 Å².